The van der Waals surface area contributed by atoms with E-state index in [2.05, 4.69) is 51.7 Å². The van der Waals surface area contributed by atoms with E-state index in [1.807, 2.05) is 24.3 Å². The molecule has 1 saturated heterocycles. The van der Waals surface area contributed by atoms with Crippen LogP contribution >= 0.6 is 0 Å². The molecule has 1 aromatic heterocycles. The van der Waals surface area contributed by atoms with Gasteiger partial charge in [0.2, 0.25) is 0 Å². The van der Waals surface area contributed by atoms with Gasteiger partial charge in [0, 0.05) is 48.9 Å². The fourth-order valence-corrected chi connectivity index (χ4v) is 3.22. The third-order valence-electron chi connectivity index (χ3n) is 4.91. The predicted octanol–water partition coefficient (Wildman–Crippen LogP) is 4.03. The van der Waals surface area contributed by atoms with Crippen molar-refractivity contribution in [2.75, 3.05) is 48.8 Å². The first-order valence-corrected chi connectivity index (χ1v) is 9.43. The van der Waals surface area contributed by atoms with Crippen molar-refractivity contribution in [2.24, 2.45) is 0 Å². The average Bonchev–Trinajstić information content (AvgIpc) is 3.26. The van der Waals surface area contributed by atoms with Crippen LogP contribution in [0.3, 0.4) is 0 Å². The van der Waals surface area contributed by atoms with Crippen molar-refractivity contribution in [3.8, 4) is 0 Å². The Morgan fingerprint density at radius 3 is 2.07 bits per heavy atom. The number of carbonyl (C=O) groups is 1. The summed E-state index contributed by atoms with van der Waals surface area (Å²) in [4.78, 5) is 16.8. The summed E-state index contributed by atoms with van der Waals surface area (Å²) in [7, 11) is 2.16. The summed E-state index contributed by atoms with van der Waals surface area (Å²) >= 11 is 0. The molecule has 3 aromatic rings. The van der Waals surface area contributed by atoms with Gasteiger partial charge in [-0.3, -0.25) is 4.79 Å². The molecule has 1 amide bonds. The summed E-state index contributed by atoms with van der Waals surface area (Å²) in [5.41, 5.74) is 3.97. The average molecular weight is 376 g/mol. The highest BCUT2D eigenvalue weighted by Gasteiger charge is 2.14. The largest absolute Gasteiger partial charge is 0.459 e. The van der Waals surface area contributed by atoms with Crippen molar-refractivity contribution in [3.05, 3.63) is 72.7 Å². The lowest BCUT2D eigenvalue weighted by atomic mass is 10.2. The van der Waals surface area contributed by atoms with E-state index >= 15 is 0 Å². The number of carbonyl (C=O) groups excluding carboxylic acids is 1. The highest BCUT2D eigenvalue weighted by atomic mass is 16.3. The molecule has 6 nitrogen and oxygen atoms in total. The number of likely N-dealkylation sites (N-methyl/N-ethyl adjacent to an activating group) is 1. The van der Waals surface area contributed by atoms with Crippen LogP contribution in [0.4, 0.5) is 22.7 Å². The molecule has 144 valence electrons. The lowest BCUT2D eigenvalue weighted by molar-refractivity contribution is 0.0996. The summed E-state index contributed by atoms with van der Waals surface area (Å²) in [5, 5.41) is 6.20. The smallest absolute Gasteiger partial charge is 0.291 e. The zero-order valence-electron chi connectivity index (χ0n) is 15.9. The number of nitrogens with zero attached hydrogens (tertiary/aromatic N) is 2. The highest BCUT2D eigenvalue weighted by Crippen LogP contribution is 2.23. The minimum Gasteiger partial charge on any atom is -0.459 e. The van der Waals surface area contributed by atoms with E-state index in [0.29, 0.717) is 5.76 Å². The summed E-state index contributed by atoms with van der Waals surface area (Å²) in [6.45, 7) is 4.33. The summed E-state index contributed by atoms with van der Waals surface area (Å²) in [6, 6.07) is 19.4. The van der Waals surface area contributed by atoms with Crippen LogP contribution in [0.5, 0.6) is 0 Å². The van der Waals surface area contributed by atoms with Crippen LogP contribution in [0.25, 0.3) is 0 Å². The third kappa shape index (κ3) is 4.35. The first-order chi connectivity index (χ1) is 13.7. The van der Waals surface area contributed by atoms with Crippen molar-refractivity contribution < 1.29 is 9.21 Å². The number of amides is 1. The molecule has 2 N–H and O–H groups in total. The van der Waals surface area contributed by atoms with Crippen LogP contribution in [0.15, 0.2) is 71.3 Å². The molecular formula is C22H24N4O2. The lowest BCUT2D eigenvalue weighted by Crippen LogP contribution is -2.44. The van der Waals surface area contributed by atoms with Gasteiger partial charge in [0.1, 0.15) is 0 Å². The number of piperazine rings is 1. The molecule has 2 heterocycles. The Bertz CT molecular complexity index is 897. The van der Waals surface area contributed by atoms with E-state index in [1.165, 1.54) is 12.0 Å². The van der Waals surface area contributed by atoms with Crippen molar-refractivity contribution in [2.45, 2.75) is 0 Å². The van der Waals surface area contributed by atoms with Crippen LogP contribution in [0.2, 0.25) is 0 Å². The topological polar surface area (TPSA) is 60.8 Å². The Labute approximate surface area is 164 Å². The van der Waals surface area contributed by atoms with Crippen LogP contribution in [0.1, 0.15) is 10.6 Å². The van der Waals surface area contributed by atoms with Gasteiger partial charge in [-0.1, -0.05) is 0 Å². The molecular weight excluding hydrogens is 352 g/mol. The fraction of sp³-hybridized carbons (Fsp3) is 0.227. The van der Waals surface area contributed by atoms with Crippen LogP contribution in [-0.2, 0) is 0 Å². The molecule has 28 heavy (non-hydrogen) atoms. The van der Waals surface area contributed by atoms with E-state index in [-0.39, 0.29) is 5.91 Å². The number of hydrogen-bond acceptors (Lipinski definition) is 5. The predicted molar refractivity (Wildman–Crippen MR) is 113 cm³/mol. The van der Waals surface area contributed by atoms with Crippen molar-refractivity contribution in [1.82, 2.24) is 4.90 Å². The second-order valence-corrected chi connectivity index (χ2v) is 6.97. The van der Waals surface area contributed by atoms with Gasteiger partial charge >= 0.3 is 0 Å². The first-order valence-electron chi connectivity index (χ1n) is 9.43. The normalized spacial score (nSPS) is 14.7. The maximum Gasteiger partial charge on any atom is 0.291 e. The van der Waals surface area contributed by atoms with Gasteiger partial charge in [0.05, 0.1) is 6.26 Å². The maximum atomic E-state index is 12.0. The molecule has 0 bridgehead atoms. The lowest BCUT2D eigenvalue weighted by Gasteiger charge is -2.34. The van der Waals surface area contributed by atoms with Crippen molar-refractivity contribution in [3.63, 3.8) is 0 Å². The second kappa shape index (κ2) is 8.19. The minimum absolute atomic E-state index is 0.259. The maximum absolute atomic E-state index is 12.0. The van der Waals surface area contributed by atoms with Crippen LogP contribution in [0, 0.1) is 0 Å². The van der Waals surface area contributed by atoms with Gasteiger partial charge in [-0.15, -0.1) is 0 Å². The SMILES string of the molecule is CN1CCN(c2ccc(Nc3ccc(NC(=O)c4ccco4)cc3)cc2)CC1. The number of benzene rings is 2. The monoisotopic (exact) mass is 376 g/mol. The number of hydrogen-bond donors (Lipinski definition) is 2. The summed E-state index contributed by atoms with van der Waals surface area (Å²) in [6.07, 6.45) is 1.48. The summed E-state index contributed by atoms with van der Waals surface area (Å²) < 4.78 is 5.10. The van der Waals surface area contributed by atoms with E-state index in [4.69, 9.17) is 4.42 Å². The van der Waals surface area contributed by atoms with Crippen LogP contribution in [-0.4, -0.2) is 44.0 Å². The molecule has 1 fully saturated rings. The van der Waals surface area contributed by atoms with Gasteiger partial charge in [0.25, 0.3) is 5.91 Å². The second-order valence-electron chi connectivity index (χ2n) is 6.97. The van der Waals surface area contributed by atoms with E-state index < -0.39 is 0 Å². The minimum atomic E-state index is -0.259. The van der Waals surface area contributed by atoms with Crippen molar-refractivity contribution in [1.29, 1.82) is 0 Å². The zero-order valence-corrected chi connectivity index (χ0v) is 15.9. The van der Waals surface area contributed by atoms with E-state index in [1.54, 1.807) is 12.1 Å². The molecule has 0 radical (unpaired) electrons. The fourth-order valence-electron chi connectivity index (χ4n) is 3.22. The quantitative estimate of drug-likeness (QED) is 0.704. The number of furan rings is 1. The molecule has 0 unspecified atom stereocenters. The molecule has 2 aromatic carbocycles. The van der Waals surface area contributed by atoms with Gasteiger partial charge in [0.15, 0.2) is 5.76 Å². The molecule has 1 aliphatic rings. The number of anilines is 4. The molecule has 4 rings (SSSR count). The van der Waals surface area contributed by atoms with Crippen LogP contribution < -0.4 is 15.5 Å². The Morgan fingerprint density at radius 1 is 0.857 bits per heavy atom. The first kappa shape index (κ1) is 18.1. The summed E-state index contributed by atoms with van der Waals surface area (Å²) in [5.74, 6) is 0.0350. The van der Waals surface area contributed by atoms with E-state index in [0.717, 1.165) is 43.2 Å². The molecule has 0 spiro atoms. The Balaban J connectivity index is 1.34. The Kier molecular flexibility index (Phi) is 5.30. The van der Waals surface area contributed by atoms with Gasteiger partial charge in [-0.2, -0.15) is 0 Å². The molecule has 0 saturated carbocycles. The number of nitrogens with one attached hydrogen (secondary N) is 2. The standard InChI is InChI=1S/C22H24N4O2/c1-25-12-14-26(15-13-25)20-10-8-18(9-11-20)23-17-4-6-19(7-5-17)24-22(27)21-3-2-16-28-21/h2-11,16,23H,12-15H2,1H3,(H,24,27). The Morgan fingerprint density at radius 2 is 1.46 bits per heavy atom. The Hall–Kier alpha value is -3.25. The molecule has 1 aliphatic heterocycles. The highest BCUT2D eigenvalue weighted by molar-refractivity contribution is 6.02. The number of rotatable bonds is 5. The molecule has 0 aliphatic carbocycles. The van der Waals surface area contributed by atoms with Crippen molar-refractivity contribution >= 4 is 28.7 Å². The van der Waals surface area contributed by atoms with E-state index in [9.17, 15) is 4.79 Å². The third-order valence-corrected chi connectivity index (χ3v) is 4.91. The van der Waals surface area contributed by atoms with Gasteiger partial charge in [-0.25, -0.2) is 0 Å². The van der Waals surface area contributed by atoms with Gasteiger partial charge < -0.3 is 24.9 Å². The zero-order chi connectivity index (χ0) is 19.3. The molecule has 6 heteroatoms. The van der Waals surface area contributed by atoms with Gasteiger partial charge in [-0.05, 0) is 67.7 Å². The molecule has 0 atom stereocenters.